The molecule has 4 heteroatoms. The minimum Gasteiger partial charge on any atom is -0.352 e. The predicted octanol–water partition coefficient (Wildman–Crippen LogP) is 5.80. The summed E-state index contributed by atoms with van der Waals surface area (Å²) in [4.78, 5) is 18.6. The number of likely N-dealkylation sites (tertiary alicyclic amines) is 1. The summed E-state index contributed by atoms with van der Waals surface area (Å²) in [5.74, 6) is 0.784. The van der Waals surface area contributed by atoms with Crippen molar-refractivity contribution in [3.05, 3.63) is 90.3 Å². The molecule has 1 amide bonds. The Kier molecular flexibility index (Phi) is 8.65. The van der Waals surface area contributed by atoms with Crippen LogP contribution in [0, 0.1) is 0 Å². The van der Waals surface area contributed by atoms with Gasteiger partial charge in [-0.25, -0.2) is 0 Å². The van der Waals surface area contributed by atoms with Gasteiger partial charge in [-0.3, -0.25) is 9.78 Å². The summed E-state index contributed by atoms with van der Waals surface area (Å²) in [5.41, 5.74) is 5.30. The van der Waals surface area contributed by atoms with Gasteiger partial charge < -0.3 is 10.2 Å². The highest BCUT2D eigenvalue weighted by molar-refractivity contribution is 5.75. The molecule has 172 valence electrons. The standard InChI is InChI=1S/C29H35N3O/c33-29(31-23-24-14-18-30-19-15-24)13-5-2-8-20-32-21-16-26(17-22-32)28-12-7-6-11-27(28)25-9-3-1-4-10-25/h1,3-4,6-7,9-12,14-15,18-19,26H,2,5,8,13,16-17,20-23H2,(H,31,33). The van der Waals surface area contributed by atoms with Crippen molar-refractivity contribution in [1.82, 2.24) is 15.2 Å². The monoisotopic (exact) mass is 441 g/mol. The van der Waals surface area contributed by atoms with E-state index >= 15 is 0 Å². The first-order chi connectivity index (χ1) is 16.3. The number of hydrogen-bond acceptors (Lipinski definition) is 3. The van der Waals surface area contributed by atoms with E-state index in [1.165, 1.54) is 49.0 Å². The van der Waals surface area contributed by atoms with Gasteiger partial charge in [-0.05, 0) is 85.6 Å². The molecule has 2 aromatic carbocycles. The molecule has 0 unspecified atom stereocenters. The van der Waals surface area contributed by atoms with Gasteiger partial charge in [0.05, 0.1) is 0 Å². The van der Waals surface area contributed by atoms with Crippen LogP contribution in [0.25, 0.3) is 11.1 Å². The van der Waals surface area contributed by atoms with Crippen molar-refractivity contribution in [2.24, 2.45) is 0 Å². The molecule has 1 aromatic heterocycles. The Hall–Kier alpha value is -2.98. The molecule has 2 heterocycles. The Morgan fingerprint density at radius 1 is 0.879 bits per heavy atom. The van der Waals surface area contributed by atoms with Crippen molar-refractivity contribution < 1.29 is 4.79 Å². The molecule has 3 aromatic rings. The minimum atomic E-state index is 0.143. The third-order valence-electron chi connectivity index (χ3n) is 6.69. The van der Waals surface area contributed by atoms with Crippen LogP contribution in [0.15, 0.2) is 79.1 Å². The lowest BCUT2D eigenvalue weighted by molar-refractivity contribution is -0.121. The summed E-state index contributed by atoms with van der Waals surface area (Å²) in [6.07, 6.45) is 9.82. The largest absolute Gasteiger partial charge is 0.352 e. The van der Waals surface area contributed by atoms with Gasteiger partial charge in [0.25, 0.3) is 0 Å². The van der Waals surface area contributed by atoms with Crippen LogP contribution in [0.4, 0.5) is 0 Å². The fourth-order valence-electron chi connectivity index (χ4n) is 4.79. The van der Waals surface area contributed by atoms with E-state index < -0.39 is 0 Å². The van der Waals surface area contributed by atoms with Crippen LogP contribution in [0.5, 0.6) is 0 Å². The van der Waals surface area contributed by atoms with Gasteiger partial charge >= 0.3 is 0 Å². The zero-order chi connectivity index (χ0) is 22.7. The zero-order valence-electron chi connectivity index (χ0n) is 19.5. The molecule has 33 heavy (non-hydrogen) atoms. The van der Waals surface area contributed by atoms with Gasteiger partial charge in [0, 0.05) is 25.4 Å². The number of amides is 1. The molecule has 4 rings (SSSR count). The maximum Gasteiger partial charge on any atom is 0.220 e. The lowest BCUT2D eigenvalue weighted by Crippen LogP contribution is -2.33. The molecular formula is C29H35N3O. The molecule has 1 aliphatic heterocycles. The first-order valence-corrected chi connectivity index (χ1v) is 12.3. The van der Waals surface area contributed by atoms with Gasteiger partial charge in [-0.2, -0.15) is 0 Å². The van der Waals surface area contributed by atoms with E-state index in [1.807, 2.05) is 12.1 Å². The van der Waals surface area contributed by atoms with Crippen LogP contribution in [0.3, 0.4) is 0 Å². The third-order valence-corrected chi connectivity index (χ3v) is 6.69. The van der Waals surface area contributed by atoms with Gasteiger partial charge in [0.1, 0.15) is 0 Å². The Morgan fingerprint density at radius 3 is 2.39 bits per heavy atom. The number of carbonyl (C=O) groups is 1. The third kappa shape index (κ3) is 7.00. The van der Waals surface area contributed by atoms with Crippen molar-refractivity contribution in [1.29, 1.82) is 0 Å². The average molecular weight is 442 g/mol. The van der Waals surface area contributed by atoms with Crippen molar-refractivity contribution in [2.45, 2.75) is 51.0 Å². The number of pyridine rings is 1. The average Bonchev–Trinajstić information content (AvgIpc) is 2.89. The second kappa shape index (κ2) is 12.3. The lowest BCUT2D eigenvalue weighted by Gasteiger charge is -2.33. The van der Waals surface area contributed by atoms with Crippen molar-refractivity contribution in [3.8, 4) is 11.1 Å². The van der Waals surface area contributed by atoms with E-state index in [-0.39, 0.29) is 5.91 Å². The van der Waals surface area contributed by atoms with Crippen LogP contribution in [-0.4, -0.2) is 35.4 Å². The van der Waals surface area contributed by atoms with E-state index in [0.717, 1.165) is 24.9 Å². The first-order valence-electron chi connectivity index (χ1n) is 12.3. The van der Waals surface area contributed by atoms with E-state index in [9.17, 15) is 4.79 Å². The number of nitrogens with one attached hydrogen (secondary N) is 1. The summed E-state index contributed by atoms with van der Waals surface area (Å²) in [7, 11) is 0. The van der Waals surface area contributed by atoms with Crippen LogP contribution < -0.4 is 5.32 Å². The summed E-state index contributed by atoms with van der Waals surface area (Å²) in [6, 6.07) is 23.6. The lowest BCUT2D eigenvalue weighted by atomic mass is 9.84. The van der Waals surface area contributed by atoms with Gasteiger partial charge in [0.15, 0.2) is 0 Å². The van der Waals surface area contributed by atoms with E-state index in [2.05, 4.69) is 69.8 Å². The molecule has 1 N–H and O–H groups in total. The van der Waals surface area contributed by atoms with E-state index in [1.54, 1.807) is 12.4 Å². The highest BCUT2D eigenvalue weighted by atomic mass is 16.1. The maximum atomic E-state index is 12.0. The minimum absolute atomic E-state index is 0.143. The summed E-state index contributed by atoms with van der Waals surface area (Å²) < 4.78 is 0. The molecule has 0 spiro atoms. The second-order valence-electron chi connectivity index (χ2n) is 9.01. The molecule has 1 aliphatic rings. The number of carbonyl (C=O) groups excluding carboxylic acids is 1. The van der Waals surface area contributed by atoms with Crippen molar-refractivity contribution >= 4 is 5.91 Å². The summed E-state index contributed by atoms with van der Waals surface area (Å²) in [5, 5.41) is 3.00. The van der Waals surface area contributed by atoms with E-state index in [4.69, 9.17) is 0 Å². The Bertz CT molecular complexity index is 982. The molecule has 4 nitrogen and oxygen atoms in total. The van der Waals surface area contributed by atoms with Crippen LogP contribution in [-0.2, 0) is 11.3 Å². The molecule has 1 fully saturated rings. The quantitative estimate of drug-likeness (QED) is 0.404. The fourth-order valence-corrected chi connectivity index (χ4v) is 4.79. The number of rotatable bonds is 10. The number of aromatic nitrogens is 1. The maximum absolute atomic E-state index is 12.0. The smallest absolute Gasteiger partial charge is 0.220 e. The van der Waals surface area contributed by atoms with Gasteiger partial charge in [-0.15, -0.1) is 0 Å². The topological polar surface area (TPSA) is 45.2 Å². The van der Waals surface area contributed by atoms with E-state index in [0.29, 0.717) is 18.9 Å². The molecule has 0 atom stereocenters. The first kappa shape index (κ1) is 23.2. The Morgan fingerprint density at radius 2 is 1.61 bits per heavy atom. The van der Waals surface area contributed by atoms with Crippen LogP contribution in [0.2, 0.25) is 0 Å². The zero-order valence-corrected chi connectivity index (χ0v) is 19.5. The Labute approximate surface area is 198 Å². The fraction of sp³-hybridized carbons (Fsp3) is 0.379. The molecule has 1 saturated heterocycles. The van der Waals surface area contributed by atoms with Gasteiger partial charge in [-0.1, -0.05) is 61.0 Å². The molecule has 0 radical (unpaired) electrons. The Balaban J connectivity index is 1.14. The van der Waals surface area contributed by atoms with Crippen LogP contribution >= 0.6 is 0 Å². The highest BCUT2D eigenvalue weighted by Crippen LogP contribution is 2.35. The van der Waals surface area contributed by atoms with Crippen LogP contribution in [0.1, 0.15) is 55.6 Å². The SMILES string of the molecule is O=C(CCCCCN1CCC(c2ccccc2-c2ccccc2)CC1)NCc1ccncc1. The summed E-state index contributed by atoms with van der Waals surface area (Å²) in [6.45, 7) is 4.07. The number of hydrogen-bond donors (Lipinski definition) is 1. The number of piperidine rings is 1. The molecule has 0 bridgehead atoms. The van der Waals surface area contributed by atoms with Crippen molar-refractivity contribution in [2.75, 3.05) is 19.6 Å². The molecular weight excluding hydrogens is 406 g/mol. The highest BCUT2D eigenvalue weighted by Gasteiger charge is 2.22. The summed E-state index contributed by atoms with van der Waals surface area (Å²) >= 11 is 0. The second-order valence-corrected chi connectivity index (χ2v) is 9.01. The van der Waals surface area contributed by atoms with Crippen molar-refractivity contribution in [3.63, 3.8) is 0 Å². The number of nitrogens with zero attached hydrogens (tertiary/aromatic N) is 2. The number of benzene rings is 2. The molecule has 0 aliphatic carbocycles. The normalized spacial score (nSPS) is 14.8. The van der Waals surface area contributed by atoms with Gasteiger partial charge in [0.2, 0.25) is 5.91 Å². The molecule has 0 saturated carbocycles. The number of unbranched alkanes of at least 4 members (excludes halogenated alkanes) is 2. The predicted molar refractivity (Wildman–Crippen MR) is 135 cm³/mol.